The molecule has 3 rings (SSSR count). The minimum Gasteiger partial charge on any atom is -0.326 e. The second-order valence-electron chi connectivity index (χ2n) is 8.02. The van der Waals surface area contributed by atoms with Gasteiger partial charge < -0.3 is 10.2 Å². The van der Waals surface area contributed by atoms with Gasteiger partial charge in [-0.2, -0.15) is 0 Å². The van der Waals surface area contributed by atoms with Gasteiger partial charge in [0.05, 0.1) is 6.26 Å². The number of sulfonamides is 1. The van der Waals surface area contributed by atoms with Crippen LogP contribution in [0.3, 0.4) is 0 Å². The minimum absolute atomic E-state index is 0.0794. The van der Waals surface area contributed by atoms with E-state index < -0.39 is 10.0 Å². The van der Waals surface area contributed by atoms with Crippen molar-refractivity contribution in [2.75, 3.05) is 36.1 Å². The van der Waals surface area contributed by atoms with E-state index in [0.717, 1.165) is 24.1 Å². The third-order valence-corrected chi connectivity index (χ3v) is 6.83. The summed E-state index contributed by atoms with van der Waals surface area (Å²) in [7, 11) is -3.20. The number of anilines is 2. The Labute approximate surface area is 167 Å². The second kappa shape index (κ2) is 8.21. The predicted octanol–water partition coefficient (Wildman–Crippen LogP) is 2.23. The molecule has 8 heteroatoms. The lowest BCUT2D eigenvalue weighted by molar-refractivity contribution is -0.121. The Morgan fingerprint density at radius 2 is 1.82 bits per heavy atom. The normalized spacial score (nSPS) is 18.8. The largest absolute Gasteiger partial charge is 0.326 e. The lowest BCUT2D eigenvalue weighted by Crippen LogP contribution is -2.41. The van der Waals surface area contributed by atoms with Crippen LogP contribution in [0.25, 0.3) is 0 Å². The first kappa shape index (κ1) is 20.8. The number of piperidine rings is 1. The molecule has 2 aliphatic rings. The molecule has 1 aromatic rings. The Hall–Kier alpha value is -1.93. The van der Waals surface area contributed by atoms with E-state index in [2.05, 4.69) is 5.32 Å². The van der Waals surface area contributed by atoms with Crippen LogP contribution in [0, 0.1) is 11.8 Å². The molecule has 1 aromatic carbocycles. The summed E-state index contributed by atoms with van der Waals surface area (Å²) in [5.41, 5.74) is 2.69. The second-order valence-corrected chi connectivity index (χ2v) is 10.00. The summed E-state index contributed by atoms with van der Waals surface area (Å²) in [6.45, 7) is 5.23. The van der Waals surface area contributed by atoms with Gasteiger partial charge in [-0.05, 0) is 43.4 Å². The number of nitrogens with zero attached hydrogens (tertiary/aromatic N) is 2. The first-order chi connectivity index (χ1) is 13.2. The molecule has 7 nitrogen and oxygen atoms in total. The number of hydrogen-bond acceptors (Lipinski definition) is 4. The molecule has 0 aromatic heterocycles. The Kier molecular flexibility index (Phi) is 6.09. The van der Waals surface area contributed by atoms with E-state index in [-0.39, 0.29) is 23.7 Å². The fourth-order valence-electron chi connectivity index (χ4n) is 3.89. The molecule has 0 saturated carbocycles. The molecule has 0 bridgehead atoms. The molecule has 0 spiro atoms. The number of benzene rings is 1. The van der Waals surface area contributed by atoms with Crippen LogP contribution in [0.4, 0.5) is 11.4 Å². The van der Waals surface area contributed by atoms with E-state index in [1.54, 1.807) is 0 Å². The van der Waals surface area contributed by atoms with E-state index in [1.807, 2.05) is 36.9 Å². The van der Waals surface area contributed by atoms with Gasteiger partial charge in [-0.25, -0.2) is 12.7 Å². The summed E-state index contributed by atoms with van der Waals surface area (Å²) in [6.07, 6.45) is 4.10. The maximum absolute atomic E-state index is 12.7. The van der Waals surface area contributed by atoms with Gasteiger partial charge in [-0.1, -0.05) is 19.9 Å². The van der Waals surface area contributed by atoms with Crippen molar-refractivity contribution in [3.05, 3.63) is 23.8 Å². The summed E-state index contributed by atoms with van der Waals surface area (Å²) in [5, 5.41) is 2.96. The maximum Gasteiger partial charge on any atom is 0.229 e. The molecule has 2 aliphatic heterocycles. The van der Waals surface area contributed by atoms with Crippen LogP contribution in [0.2, 0.25) is 0 Å². The third-order valence-electron chi connectivity index (χ3n) is 5.53. The minimum atomic E-state index is -3.20. The van der Waals surface area contributed by atoms with Gasteiger partial charge in [0.15, 0.2) is 0 Å². The van der Waals surface area contributed by atoms with Crippen LogP contribution >= 0.6 is 0 Å². The topological polar surface area (TPSA) is 86.8 Å². The number of fused-ring (bicyclic) bond motifs is 1. The molecule has 0 radical (unpaired) electrons. The van der Waals surface area contributed by atoms with E-state index >= 15 is 0 Å². The Morgan fingerprint density at radius 3 is 2.43 bits per heavy atom. The van der Waals surface area contributed by atoms with Crippen molar-refractivity contribution < 1.29 is 18.0 Å². The summed E-state index contributed by atoms with van der Waals surface area (Å²) >= 11 is 0. The van der Waals surface area contributed by atoms with Gasteiger partial charge in [0.25, 0.3) is 0 Å². The van der Waals surface area contributed by atoms with Gasteiger partial charge >= 0.3 is 0 Å². The molecule has 28 heavy (non-hydrogen) atoms. The standard InChI is InChI=1S/C20H29N3O4S/c1-14(2)20(25)23-10-4-5-15-6-7-17(13-18(15)23)21-19(24)16-8-11-22(12-9-16)28(3,26)27/h6-7,13-14,16H,4-5,8-12H2,1-3H3,(H,21,24). The van der Waals surface area contributed by atoms with Crippen molar-refractivity contribution in [1.29, 1.82) is 0 Å². The van der Waals surface area contributed by atoms with E-state index in [4.69, 9.17) is 0 Å². The van der Waals surface area contributed by atoms with Gasteiger partial charge in [-0.15, -0.1) is 0 Å². The van der Waals surface area contributed by atoms with Crippen LogP contribution in [0.5, 0.6) is 0 Å². The van der Waals surface area contributed by atoms with Crippen LogP contribution in [0.1, 0.15) is 38.7 Å². The number of carbonyl (C=O) groups excluding carboxylic acids is 2. The smallest absolute Gasteiger partial charge is 0.229 e. The number of nitrogens with one attached hydrogen (secondary N) is 1. The SMILES string of the molecule is CC(C)C(=O)N1CCCc2ccc(NC(=O)C3CCN(S(C)(=O)=O)CC3)cc21. The van der Waals surface area contributed by atoms with Crippen LogP contribution < -0.4 is 10.2 Å². The number of amides is 2. The number of hydrogen-bond donors (Lipinski definition) is 1. The fraction of sp³-hybridized carbons (Fsp3) is 0.600. The van der Waals surface area contributed by atoms with Gasteiger partial charge in [-0.3, -0.25) is 9.59 Å². The average Bonchev–Trinajstić information content (AvgIpc) is 2.66. The third kappa shape index (κ3) is 4.55. The van der Waals surface area contributed by atoms with Crippen molar-refractivity contribution in [2.24, 2.45) is 11.8 Å². The number of aryl methyl sites for hydroxylation is 1. The first-order valence-corrected chi connectivity index (χ1v) is 11.7. The molecule has 2 amide bonds. The monoisotopic (exact) mass is 407 g/mol. The Balaban J connectivity index is 1.69. The van der Waals surface area contributed by atoms with Crippen molar-refractivity contribution in [1.82, 2.24) is 4.31 Å². The Bertz CT molecular complexity index is 858. The van der Waals surface area contributed by atoms with E-state index in [1.165, 1.54) is 10.6 Å². The highest BCUT2D eigenvalue weighted by atomic mass is 32.2. The van der Waals surface area contributed by atoms with E-state index in [0.29, 0.717) is 38.2 Å². The molecule has 0 unspecified atom stereocenters. The molecule has 2 heterocycles. The molecular weight excluding hydrogens is 378 g/mol. The van der Waals surface area contributed by atoms with Crippen molar-refractivity contribution in [2.45, 2.75) is 39.5 Å². The fourth-order valence-corrected chi connectivity index (χ4v) is 4.76. The van der Waals surface area contributed by atoms with Gasteiger partial charge in [0.2, 0.25) is 21.8 Å². The highest BCUT2D eigenvalue weighted by Crippen LogP contribution is 2.31. The summed E-state index contributed by atoms with van der Waals surface area (Å²) in [5.74, 6) is -0.283. The highest BCUT2D eigenvalue weighted by Gasteiger charge is 2.29. The molecule has 1 fully saturated rings. The summed E-state index contributed by atoms with van der Waals surface area (Å²) in [4.78, 5) is 27.0. The average molecular weight is 408 g/mol. The molecule has 0 atom stereocenters. The lowest BCUT2D eigenvalue weighted by Gasteiger charge is -2.32. The molecule has 0 aliphatic carbocycles. The maximum atomic E-state index is 12.7. The zero-order valence-corrected chi connectivity index (χ0v) is 17.6. The zero-order chi connectivity index (χ0) is 20.5. The van der Waals surface area contributed by atoms with Crippen molar-refractivity contribution in [3.63, 3.8) is 0 Å². The first-order valence-electron chi connectivity index (χ1n) is 9.87. The predicted molar refractivity (Wildman–Crippen MR) is 110 cm³/mol. The van der Waals surface area contributed by atoms with Crippen molar-refractivity contribution >= 4 is 33.2 Å². The molecule has 1 saturated heterocycles. The van der Waals surface area contributed by atoms with Crippen LogP contribution in [-0.2, 0) is 26.0 Å². The van der Waals surface area contributed by atoms with Gasteiger partial charge in [0.1, 0.15) is 0 Å². The number of carbonyl (C=O) groups is 2. The quantitative estimate of drug-likeness (QED) is 0.829. The molecule has 154 valence electrons. The summed E-state index contributed by atoms with van der Waals surface area (Å²) < 4.78 is 24.7. The van der Waals surface area contributed by atoms with E-state index in [9.17, 15) is 18.0 Å². The molecular formula is C20H29N3O4S. The number of rotatable bonds is 4. The summed E-state index contributed by atoms with van der Waals surface area (Å²) in [6, 6.07) is 5.75. The Morgan fingerprint density at radius 1 is 1.14 bits per heavy atom. The van der Waals surface area contributed by atoms with Crippen LogP contribution in [0.15, 0.2) is 18.2 Å². The van der Waals surface area contributed by atoms with Crippen molar-refractivity contribution in [3.8, 4) is 0 Å². The van der Waals surface area contributed by atoms with Crippen LogP contribution in [-0.4, -0.2) is 50.4 Å². The zero-order valence-electron chi connectivity index (χ0n) is 16.8. The molecule has 1 N–H and O–H groups in total. The highest BCUT2D eigenvalue weighted by molar-refractivity contribution is 7.88. The lowest BCUT2D eigenvalue weighted by atomic mass is 9.96. The van der Waals surface area contributed by atoms with Gasteiger partial charge in [0, 0.05) is 42.8 Å².